The number of carbonyl (C=O) groups is 3. The van der Waals surface area contributed by atoms with Crippen LogP contribution in [0.3, 0.4) is 0 Å². The van der Waals surface area contributed by atoms with Gasteiger partial charge in [-0.1, -0.05) is 266 Å². The van der Waals surface area contributed by atoms with E-state index in [1.807, 2.05) is 0 Å². The number of ether oxygens (including phenoxy) is 3. The largest absolute Gasteiger partial charge is 0.462 e. The van der Waals surface area contributed by atoms with Crippen molar-refractivity contribution >= 4 is 17.9 Å². The fourth-order valence-electron chi connectivity index (χ4n) is 8.40. The molecule has 0 rings (SSSR count). The molecule has 0 aliphatic rings. The summed E-state index contributed by atoms with van der Waals surface area (Å²) in [6.07, 6.45) is 47.9. The Hall–Kier alpha value is -1.59. The SMILES string of the molecule is CCC(C)CCCCCCCCCCCCC(=O)OC[C@@H](COC(=O)CCCCCCCCCCCCCCCCCC(C)C)OC(=O)CCCCCCCCCCC(C)CC. The maximum atomic E-state index is 12.8. The molecule has 0 bridgehead atoms. The minimum atomic E-state index is -0.763. The highest BCUT2D eigenvalue weighted by molar-refractivity contribution is 5.71. The van der Waals surface area contributed by atoms with Crippen molar-refractivity contribution in [1.82, 2.24) is 0 Å². The molecular formula is C56H108O6. The third-order valence-electron chi connectivity index (χ3n) is 13.4. The molecule has 368 valence electrons. The molecule has 0 radical (unpaired) electrons. The van der Waals surface area contributed by atoms with Gasteiger partial charge in [-0.3, -0.25) is 14.4 Å². The average molecular weight is 877 g/mol. The van der Waals surface area contributed by atoms with Crippen LogP contribution >= 0.6 is 0 Å². The molecule has 62 heavy (non-hydrogen) atoms. The van der Waals surface area contributed by atoms with E-state index in [1.54, 1.807) is 0 Å². The quantitative estimate of drug-likeness (QED) is 0.0344. The molecule has 3 atom stereocenters. The number of unbranched alkanes of at least 4 members (excludes halogenated alkanes) is 30. The summed E-state index contributed by atoms with van der Waals surface area (Å²) < 4.78 is 16.9. The Morgan fingerprint density at radius 1 is 0.323 bits per heavy atom. The van der Waals surface area contributed by atoms with Gasteiger partial charge in [-0.15, -0.1) is 0 Å². The van der Waals surface area contributed by atoms with Crippen molar-refractivity contribution in [2.45, 2.75) is 311 Å². The molecule has 0 heterocycles. The first-order valence-corrected chi connectivity index (χ1v) is 27.7. The van der Waals surface area contributed by atoms with Gasteiger partial charge in [0.15, 0.2) is 6.10 Å². The van der Waals surface area contributed by atoms with Crippen LogP contribution in [0.25, 0.3) is 0 Å². The highest BCUT2D eigenvalue weighted by Crippen LogP contribution is 2.19. The second kappa shape index (κ2) is 47.4. The molecule has 0 saturated heterocycles. The van der Waals surface area contributed by atoms with Crippen LogP contribution in [0.15, 0.2) is 0 Å². The normalized spacial score (nSPS) is 13.0. The molecule has 0 aromatic carbocycles. The van der Waals surface area contributed by atoms with Crippen molar-refractivity contribution in [3.05, 3.63) is 0 Å². The minimum absolute atomic E-state index is 0.0644. The molecule has 0 aromatic heterocycles. The summed E-state index contributed by atoms with van der Waals surface area (Å²) in [4.78, 5) is 38.0. The van der Waals surface area contributed by atoms with E-state index in [9.17, 15) is 14.4 Å². The Labute approximate surface area is 387 Å². The van der Waals surface area contributed by atoms with Gasteiger partial charge in [0.1, 0.15) is 13.2 Å². The fourth-order valence-corrected chi connectivity index (χ4v) is 8.40. The van der Waals surface area contributed by atoms with E-state index in [1.165, 1.54) is 186 Å². The van der Waals surface area contributed by atoms with Crippen molar-refractivity contribution < 1.29 is 28.6 Å². The molecule has 0 aliphatic heterocycles. The molecular weight excluding hydrogens is 769 g/mol. The number of hydrogen-bond donors (Lipinski definition) is 0. The van der Waals surface area contributed by atoms with Crippen LogP contribution in [-0.2, 0) is 28.6 Å². The Morgan fingerprint density at radius 2 is 0.565 bits per heavy atom. The molecule has 0 amide bonds. The fraction of sp³-hybridized carbons (Fsp3) is 0.946. The summed E-state index contributed by atoms with van der Waals surface area (Å²) in [5.41, 5.74) is 0. The minimum Gasteiger partial charge on any atom is -0.462 e. The van der Waals surface area contributed by atoms with E-state index < -0.39 is 6.10 Å². The second-order valence-corrected chi connectivity index (χ2v) is 20.2. The predicted molar refractivity (Wildman–Crippen MR) is 266 cm³/mol. The van der Waals surface area contributed by atoms with Crippen LogP contribution in [0, 0.1) is 17.8 Å². The van der Waals surface area contributed by atoms with Crippen molar-refractivity contribution in [1.29, 1.82) is 0 Å². The summed E-state index contributed by atoms with van der Waals surface area (Å²) in [6.45, 7) is 13.8. The van der Waals surface area contributed by atoms with E-state index in [4.69, 9.17) is 14.2 Å². The molecule has 0 aromatic rings. The molecule has 0 N–H and O–H groups in total. The van der Waals surface area contributed by atoms with Gasteiger partial charge < -0.3 is 14.2 Å². The first-order chi connectivity index (χ1) is 30.2. The van der Waals surface area contributed by atoms with E-state index >= 15 is 0 Å². The lowest BCUT2D eigenvalue weighted by molar-refractivity contribution is -0.167. The zero-order valence-electron chi connectivity index (χ0n) is 42.7. The Kier molecular flexibility index (Phi) is 46.2. The van der Waals surface area contributed by atoms with Gasteiger partial charge >= 0.3 is 17.9 Å². The van der Waals surface area contributed by atoms with Crippen molar-refractivity contribution in [2.24, 2.45) is 17.8 Å². The molecule has 0 aliphatic carbocycles. The van der Waals surface area contributed by atoms with Gasteiger partial charge in [-0.05, 0) is 37.0 Å². The molecule has 0 spiro atoms. The lowest BCUT2D eigenvalue weighted by Crippen LogP contribution is -2.30. The highest BCUT2D eigenvalue weighted by atomic mass is 16.6. The van der Waals surface area contributed by atoms with Gasteiger partial charge in [-0.25, -0.2) is 0 Å². The Balaban J connectivity index is 4.29. The van der Waals surface area contributed by atoms with Crippen LogP contribution in [0.1, 0.15) is 305 Å². The maximum absolute atomic E-state index is 12.8. The smallest absolute Gasteiger partial charge is 0.306 e. The van der Waals surface area contributed by atoms with Gasteiger partial charge in [0.25, 0.3) is 0 Å². The average Bonchev–Trinajstić information content (AvgIpc) is 3.26. The first-order valence-electron chi connectivity index (χ1n) is 27.7. The zero-order valence-corrected chi connectivity index (χ0v) is 42.7. The van der Waals surface area contributed by atoms with Crippen LogP contribution < -0.4 is 0 Å². The second-order valence-electron chi connectivity index (χ2n) is 20.2. The van der Waals surface area contributed by atoms with E-state index in [2.05, 4.69) is 41.5 Å². The lowest BCUT2D eigenvalue weighted by atomic mass is 9.99. The molecule has 6 nitrogen and oxygen atoms in total. The molecule has 0 saturated carbocycles. The standard InChI is InChI=1S/C56H108O6/c1-7-51(5)43-37-31-25-19-16-17-21-28-34-40-46-55(58)61-49-53(62-56(59)47-41-35-29-23-22-26-32-38-44-52(6)8-2)48-60-54(57)45-39-33-27-20-15-13-11-9-10-12-14-18-24-30-36-42-50(3)4/h50-53H,7-49H2,1-6H3/t51?,52?,53-/m1/s1. The number of hydrogen-bond acceptors (Lipinski definition) is 6. The summed E-state index contributed by atoms with van der Waals surface area (Å²) in [7, 11) is 0. The van der Waals surface area contributed by atoms with Crippen molar-refractivity contribution in [3.8, 4) is 0 Å². The van der Waals surface area contributed by atoms with Crippen molar-refractivity contribution in [2.75, 3.05) is 13.2 Å². The summed E-state index contributed by atoms with van der Waals surface area (Å²) >= 11 is 0. The number of carbonyl (C=O) groups excluding carboxylic acids is 3. The van der Waals surface area contributed by atoms with E-state index in [0.29, 0.717) is 19.3 Å². The van der Waals surface area contributed by atoms with Crippen LogP contribution in [0.5, 0.6) is 0 Å². The van der Waals surface area contributed by atoms with Gasteiger partial charge in [0.05, 0.1) is 0 Å². The number of esters is 3. The third kappa shape index (κ3) is 46.4. The number of rotatable bonds is 49. The summed E-state index contributed by atoms with van der Waals surface area (Å²) in [6, 6.07) is 0. The molecule has 6 heteroatoms. The predicted octanol–water partition coefficient (Wildman–Crippen LogP) is 17.9. The zero-order chi connectivity index (χ0) is 45.6. The Morgan fingerprint density at radius 3 is 0.839 bits per heavy atom. The lowest BCUT2D eigenvalue weighted by Gasteiger charge is -2.18. The monoisotopic (exact) mass is 877 g/mol. The third-order valence-corrected chi connectivity index (χ3v) is 13.4. The van der Waals surface area contributed by atoms with Crippen LogP contribution in [0.4, 0.5) is 0 Å². The topological polar surface area (TPSA) is 78.9 Å². The van der Waals surface area contributed by atoms with E-state index in [0.717, 1.165) is 75.5 Å². The van der Waals surface area contributed by atoms with Crippen LogP contribution in [0.2, 0.25) is 0 Å². The molecule has 0 fully saturated rings. The first kappa shape index (κ1) is 60.4. The molecule has 2 unspecified atom stereocenters. The van der Waals surface area contributed by atoms with E-state index in [-0.39, 0.29) is 31.1 Å². The van der Waals surface area contributed by atoms with Gasteiger partial charge in [-0.2, -0.15) is 0 Å². The highest BCUT2D eigenvalue weighted by Gasteiger charge is 2.19. The Bertz CT molecular complexity index is 964. The van der Waals surface area contributed by atoms with Gasteiger partial charge in [0.2, 0.25) is 0 Å². The van der Waals surface area contributed by atoms with Crippen molar-refractivity contribution in [3.63, 3.8) is 0 Å². The van der Waals surface area contributed by atoms with Gasteiger partial charge in [0, 0.05) is 19.3 Å². The summed E-state index contributed by atoms with van der Waals surface area (Å²) in [5.74, 6) is 1.71. The van der Waals surface area contributed by atoms with Crippen LogP contribution in [-0.4, -0.2) is 37.2 Å². The maximum Gasteiger partial charge on any atom is 0.306 e. The summed E-state index contributed by atoms with van der Waals surface area (Å²) in [5, 5.41) is 0.